The van der Waals surface area contributed by atoms with E-state index < -0.39 is 0 Å². The first-order chi connectivity index (χ1) is 8.92. The number of hydrogen-bond acceptors (Lipinski definition) is 0. The van der Waals surface area contributed by atoms with Crippen molar-refractivity contribution in [3.8, 4) is 0 Å². The zero-order valence-electron chi connectivity index (χ0n) is 9.67. The van der Waals surface area contributed by atoms with Gasteiger partial charge in [-0.25, -0.2) is 0 Å². The molecule has 0 saturated carbocycles. The molecule has 0 aliphatic carbocycles. The number of aromatic nitrogens is 2. The summed E-state index contributed by atoms with van der Waals surface area (Å²) < 4.78 is 4.55. The second kappa shape index (κ2) is 2.67. The first-order valence-corrected chi connectivity index (χ1v) is 6.14. The molecule has 2 aromatic carbocycles. The molecule has 0 saturated heterocycles. The number of fused-ring (bicyclic) bond motifs is 4. The molecule has 2 heteroatoms. The zero-order valence-corrected chi connectivity index (χ0v) is 9.67. The van der Waals surface area contributed by atoms with E-state index >= 15 is 0 Å². The molecule has 5 aromatic rings. The van der Waals surface area contributed by atoms with E-state index in [1.807, 2.05) is 0 Å². The first kappa shape index (κ1) is 8.59. The summed E-state index contributed by atoms with van der Waals surface area (Å²) in [7, 11) is 0. The van der Waals surface area contributed by atoms with Crippen molar-refractivity contribution in [2.75, 3.05) is 0 Å². The molecular formula is C16H10N2. The summed E-state index contributed by atoms with van der Waals surface area (Å²) in [4.78, 5) is 0. The predicted octanol–water partition coefficient (Wildman–Crippen LogP) is 3.94. The van der Waals surface area contributed by atoms with Crippen molar-refractivity contribution in [1.82, 2.24) is 8.80 Å². The van der Waals surface area contributed by atoms with Gasteiger partial charge in [0, 0.05) is 17.8 Å². The lowest BCUT2D eigenvalue weighted by molar-refractivity contribution is 1.22. The van der Waals surface area contributed by atoms with Crippen LogP contribution in [0.2, 0.25) is 0 Å². The van der Waals surface area contributed by atoms with Gasteiger partial charge in [-0.1, -0.05) is 24.3 Å². The number of imidazole rings is 1. The van der Waals surface area contributed by atoms with Gasteiger partial charge in [-0.15, -0.1) is 0 Å². The number of rotatable bonds is 0. The third kappa shape index (κ3) is 0.830. The summed E-state index contributed by atoms with van der Waals surface area (Å²) >= 11 is 0. The highest BCUT2D eigenvalue weighted by atomic mass is 15.1. The molecule has 2 nitrogen and oxygen atoms in total. The van der Waals surface area contributed by atoms with Crippen LogP contribution < -0.4 is 0 Å². The van der Waals surface area contributed by atoms with Crippen LogP contribution in [0, 0.1) is 0 Å². The molecule has 0 aliphatic heterocycles. The van der Waals surface area contributed by atoms with Crippen LogP contribution >= 0.6 is 0 Å². The Balaban J connectivity index is 2.18. The molecule has 3 aromatic heterocycles. The van der Waals surface area contributed by atoms with E-state index in [-0.39, 0.29) is 0 Å². The van der Waals surface area contributed by atoms with E-state index in [4.69, 9.17) is 0 Å². The van der Waals surface area contributed by atoms with Gasteiger partial charge < -0.3 is 8.80 Å². The van der Waals surface area contributed by atoms with E-state index in [2.05, 4.69) is 69.7 Å². The Labute approximate surface area is 103 Å². The fourth-order valence-electron chi connectivity index (χ4n) is 3.04. The molecule has 0 bridgehead atoms. The third-order valence-corrected chi connectivity index (χ3v) is 3.88. The molecule has 84 valence electrons. The lowest BCUT2D eigenvalue weighted by Crippen LogP contribution is -1.78. The molecule has 5 rings (SSSR count). The molecule has 0 unspecified atom stereocenters. The van der Waals surface area contributed by atoms with Gasteiger partial charge in [-0.2, -0.15) is 0 Å². The van der Waals surface area contributed by atoms with Gasteiger partial charge in [0.1, 0.15) is 5.65 Å². The quantitative estimate of drug-likeness (QED) is 0.381. The Bertz CT molecular complexity index is 938. The van der Waals surface area contributed by atoms with Gasteiger partial charge in [-0.05, 0) is 35.0 Å². The summed E-state index contributed by atoms with van der Waals surface area (Å²) in [5.41, 5.74) is 3.83. The Morgan fingerprint density at radius 3 is 1.72 bits per heavy atom. The Hall–Kier alpha value is -2.48. The number of nitrogens with zero attached hydrogens (tertiary/aromatic N) is 2. The average molecular weight is 230 g/mol. The van der Waals surface area contributed by atoms with Crippen molar-refractivity contribution >= 4 is 32.8 Å². The van der Waals surface area contributed by atoms with Crippen molar-refractivity contribution in [2.24, 2.45) is 0 Å². The van der Waals surface area contributed by atoms with E-state index in [0.717, 1.165) is 0 Å². The second-order valence-corrected chi connectivity index (χ2v) is 4.84. The van der Waals surface area contributed by atoms with Crippen molar-refractivity contribution in [3.63, 3.8) is 0 Å². The molecule has 0 aliphatic rings. The minimum Gasteiger partial charge on any atom is -0.300 e. The fraction of sp³-hybridized carbons (Fsp3) is 0. The summed E-state index contributed by atoms with van der Waals surface area (Å²) in [6, 6.07) is 17.4. The van der Waals surface area contributed by atoms with Gasteiger partial charge in [-0.3, -0.25) is 0 Å². The molecule has 0 N–H and O–H groups in total. The van der Waals surface area contributed by atoms with E-state index in [9.17, 15) is 0 Å². The molecule has 0 radical (unpaired) electrons. The molecule has 3 heterocycles. The lowest BCUT2D eigenvalue weighted by Gasteiger charge is -1.98. The molecular weight excluding hydrogens is 220 g/mol. The fourth-order valence-corrected chi connectivity index (χ4v) is 3.04. The largest absolute Gasteiger partial charge is 0.300 e. The Morgan fingerprint density at radius 1 is 0.611 bits per heavy atom. The average Bonchev–Trinajstić information content (AvgIpc) is 3.05. The SMILES string of the molecule is c1ccc2cc3c(cc2c1)n1ccc2ccn3c21. The summed E-state index contributed by atoms with van der Waals surface area (Å²) in [6.07, 6.45) is 4.31. The smallest absolute Gasteiger partial charge is 0.129 e. The third-order valence-electron chi connectivity index (χ3n) is 3.88. The standard InChI is InChI=1S/C16H10N2/c1-2-4-13-10-15-14(9-12(13)3-1)17-7-5-11-6-8-18(15)16(11)17/h1-10H. The number of hydrogen-bond donors (Lipinski definition) is 0. The summed E-state index contributed by atoms with van der Waals surface area (Å²) in [5.74, 6) is 0. The van der Waals surface area contributed by atoms with Crippen LogP contribution in [0.4, 0.5) is 0 Å². The highest BCUT2D eigenvalue weighted by Gasteiger charge is 2.12. The minimum atomic E-state index is 1.28. The maximum Gasteiger partial charge on any atom is 0.129 e. The van der Waals surface area contributed by atoms with Crippen LogP contribution in [0.3, 0.4) is 0 Å². The topological polar surface area (TPSA) is 8.82 Å². The maximum absolute atomic E-state index is 2.27. The van der Waals surface area contributed by atoms with Crippen molar-refractivity contribution in [3.05, 3.63) is 60.9 Å². The summed E-state index contributed by atoms with van der Waals surface area (Å²) in [5, 5.41) is 3.89. The van der Waals surface area contributed by atoms with E-state index in [0.29, 0.717) is 0 Å². The van der Waals surface area contributed by atoms with Crippen LogP contribution in [0.15, 0.2) is 60.9 Å². The second-order valence-electron chi connectivity index (χ2n) is 4.84. The molecule has 18 heavy (non-hydrogen) atoms. The lowest BCUT2D eigenvalue weighted by atomic mass is 10.1. The van der Waals surface area contributed by atoms with Gasteiger partial charge in [0.15, 0.2) is 0 Å². The van der Waals surface area contributed by atoms with Gasteiger partial charge >= 0.3 is 0 Å². The highest BCUT2D eigenvalue weighted by molar-refractivity contribution is 6.00. The van der Waals surface area contributed by atoms with E-state index in [1.54, 1.807) is 0 Å². The van der Waals surface area contributed by atoms with Crippen LogP contribution in [0.25, 0.3) is 32.8 Å². The van der Waals surface area contributed by atoms with Crippen LogP contribution in [-0.2, 0) is 0 Å². The van der Waals surface area contributed by atoms with Crippen LogP contribution in [0.1, 0.15) is 0 Å². The molecule has 0 atom stereocenters. The van der Waals surface area contributed by atoms with Crippen LogP contribution in [0.5, 0.6) is 0 Å². The number of benzene rings is 2. The molecule has 0 spiro atoms. The monoisotopic (exact) mass is 230 g/mol. The Kier molecular flexibility index (Phi) is 1.27. The zero-order chi connectivity index (χ0) is 11.7. The summed E-state index contributed by atoms with van der Waals surface area (Å²) in [6.45, 7) is 0. The van der Waals surface area contributed by atoms with Gasteiger partial charge in [0.25, 0.3) is 0 Å². The first-order valence-electron chi connectivity index (χ1n) is 6.14. The van der Waals surface area contributed by atoms with Crippen LogP contribution in [-0.4, -0.2) is 8.80 Å². The van der Waals surface area contributed by atoms with Crippen molar-refractivity contribution in [1.29, 1.82) is 0 Å². The molecule has 0 amide bonds. The maximum atomic E-state index is 2.27. The highest BCUT2D eigenvalue weighted by Crippen LogP contribution is 2.29. The van der Waals surface area contributed by atoms with Gasteiger partial charge in [0.2, 0.25) is 0 Å². The minimum absolute atomic E-state index is 1.28. The van der Waals surface area contributed by atoms with Gasteiger partial charge in [0.05, 0.1) is 11.0 Å². The van der Waals surface area contributed by atoms with Crippen molar-refractivity contribution < 1.29 is 0 Å². The van der Waals surface area contributed by atoms with E-state index in [1.165, 1.54) is 32.8 Å². The Morgan fingerprint density at radius 2 is 1.17 bits per heavy atom. The predicted molar refractivity (Wildman–Crippen MR) is 74.6 cm³/mol. The molecule has 0 fully saturated rings. The normalized spacial score (nSPS) is 12.4. The van der Waals surface area contributed by atoms with Crippen molar-refractivity contribution in [2.45, 2.75) is 0 Å².